The van der Waals surface area contributed by atoms with Gasteiger partial charge in [0.25, 0.3) is 5.91 Å². The molecule has 1 atom stereocenters. The Bertz CT molecular complexity index is 628. The van der Waals surface area contributed by atoms with E-state index in [9.17, 15) is 4.79 Å². The molecule has 2 aromatic rings. The van der Waals surface area contributed by atoms with E-state index in [0.29, 0.717) is 20.9 Å². The minimum absolute atomic E-state index is 0.295. The van der Waals surface area contributed by atoms with Gasteiger partial charge in [-0.3, -0.25) is 4.79 Å². The summed E-state index contributed by atoms with van der Waals surface area (Å²) in [7, 11) is 0. The lowest BCUT2D eigenvalue weighted by Crippen LogP contribution is -2.45. The summed E-state index contributed by atoms with van der Waals surface area (Å²) in [6, 6.07) is 14.8. The standard InChI is InChI=1S/C16H14BrCl2NO/c1-16(10-17,11-6-3-2-4-7-11)20-15(21)14-12(18)8-5-9-13(14)19/h2-9H,10H2,1H3,(H,20,21). The number of benzene rings is 2. The third-order valence-electron chi connectivity index (χ3n) is 3.26. The normalized spacial score (nSPS) is 13.5. The van der Waals surface area contributed by atoms with Crippen LogP contribution in [0.15, 0.2) is 48.5 Å². The van der Waals surface area contributed by atoms with Gasteiger partial charge in [-0.05, 0) is 24.6 Å². The van der Waals surface area contributed by atoms with Crippen molar-refractivity contribution < 1.29 is 4.79 Å². The van der Waals surface area contributed by atoms with Gasteiger partial charge in [0.1, 0.15) is 0 Å². The third-order valence-corrected chi connectivity index (χ3v) is 5.01. The van der Waals surface area contributed by atoms with Crippen LogP contribution in [0.1, 0.15) is 22.8 Å². The average molecular weight is 387 g/mol. The van der Waals surface area contributed by atoms with Crippen molar-refractivity contribution in [3.63, 3.8) is 0 Å². The van der Waals surface area contributed by atoms with Crippen molar-refractivity contribution in [1.29, 1.82) is 0 Å². The largest absolute Gasteiger partial charge is 0.342 e. The highest BCUT2D eigenvalue weighted by Crippen LogP contribution is 2.28. The first-order valence-electron chi connectivity index (χ1n) is 6.36. The van der Waals surface area contributed by atoms with Crippen molar-refractivity contribution in [1.82, 2.24) is 5.32 Å². The molecule has 5 heteroatoms. The van der Waals surface area contributed by atoms with Gasteiger partial charge in [-0.25, -0.2) is 0 Å². The fraction of sp³-hybridized carbons (Fsp3) is 0.188. The molecule has 2 rings (SSSR count). The molecular formula is C16H14BrCl2NO. The molecule has 2 nitrogen and oxygen atoms in total. The van der Waals surface area contributed by atoms with E-state index in [2.05, 4.69) is 21.2 Å². The molecule has 0 aromatic heterocycles. The van der Waals surface area contributed by atoms with Gasteiger partial charge >= 0.3 is 0 Å². The highest BCUT2D eigenvalue weighted by molar-refractivity contribution is 9.09. The fourth-order valence-electron chi connectivity index (χ4n) is 2.02. The summed E-state index contributed by atoms with van der Waals surface area (Å²) >= 11 is 15.6. The molecule has 0 heterocycles. The van der Waals surface area contributed by atoms with Crippen LogP contribution in [-0.2, 0) is 5.54 Å². The molecule has 110 valence electrons. The van der Waals surface area contributed by atoms with Gasteiger partial charge in [0.2, 0.25) is 0 Å². The van der Waals surface area contributed by atoms with E-state index < -0.39 is 5.54 Å². The van der Waals surface area contributed by atoms with E-state index in [-0.39, 0.29) is 5.91 Å². The first-order chi connectivity index (χ1) is 9.98. The number of rotatable bonds is 4. The van der Waals surface area contributed by atoms with Crippen LogP contribution in [0.4, 0.5) is 0 Å². The molecule has 0 aliphatic rings. The number of carbonyl (C=O) groups is 1. The maximum atomic E-state index is 12.5. The number of alkyl halides is 1. The Balaban J connectivity index is 2.33. The van der Waals surface area contributed by atoms with Gasteiger partial charge in [0.05, 0.1) is 21.1 Å². The first kappa shape index (κ1) is 16.3. The monoisotopic (exact) mass is 385 g/mol. The maximum Gasteiger partial charge on any atom is 0.255 e. The summed E-state index contributed by atoms with van der Waals surface area (Å²) in [5, 5.41) is 4.25. The Labute approximate surface area is 142 Å². The Morgan fingerprint density at radius 2 is 1.67 bits per heavy atom. The van der Waals surface area contributed by atoms with Crippen LogP contribution in [0.5, 0.6) is 0 Å². The highest BCUT2D eigenvalue weighted by atomic mass is 79.9. The van der Waals surface area contributed by atoms with Crippen molar-refractivity contribution in [3.05, 3.63) is 69.7 Å². The van der Waals surface area contributed by atoms with Crippen LogP contribution >= 0.6 is 39.1 Å². The van der Waals surface area contributed by atoms with E-state index >= 15 is 0 Å². The van der Waals surface area contributed by atoms with E-state index in [1.807, 2.05) is 37.3 Å². The van der Waals surface area contributed by atoms with Gasteiger partial charge in [-0.2, -0.15) is 0 Å². The molecule has 0 saturated carbocycles. The lowest BCUT2D eigenvalue weighted by Gasteiger charge is -2.29. The minimum Gasteiger partial charge on any atom is -0.342 e. The number of hydrogen-bond donors (Lipinski definition) is 1. The highest BCUT2D eigenvalue weighted by Gasteiger charge is 2.29. The quantitative estimate of drug-likeness (QED) is 0.733. The lowest BCUT2D eigenvalue weighted by molar-refractivity contribution is 0.0914. The van der Waals surface area contributed by atoms with Crippen LogP contribution in [-0.4, -0.2) is 11.2 Å². The predicted octanol–water partition coefficient (Wildman–Crippen LogP) is 5.03. The van der Waals surface area contributed by atoms with E-state index in [4.69, 9.17) is 23.2 Å². The van der Waals surface area contributed by atoms with E-state index in [0.717, 1.165) is 5.56 Å². The van der Waals surface area contributed by atoms with Crippen molar-refractivity contribution in [2.75, 3.05) is 5.33 Å². The number of halogens is 3. The van der Waals surface area contributed by atoms with Crippen molar-refractivity contribution >= 4 is 45.0 Å². The summed E-state index contributed by atoms with van der Waals surface area (Å²) in [6.07, 6.45) is 0. The second-order valence-corrected chi connectivity index (χ2v) is 6.26. The zero-order valence-electron chi connectivity index (χ0n) is 11.4. The smallest absolute Gasteiger partial charge is 0.255 e. The summed E-state index contributed by atoms with van der Waals surface area (Å²) in [4.78, 5) is 12.5. The van der Waals surface area contributed by atoms with E-state index in [1.54, 1.807) is 18.2 Å². The van der Waals surface area contributed by atoms with Crippen molar-refractivity contribution in [2.45, 2.75) is 12.5 Å². The molecule has 0 spiro atoms. The molecule has 1 N–H and O–H groups in total. The molecule has 0 aliphatic heterocycles. The average Bonchev–Trinajstić information content (AvgIpc) is 2.48. The lowest BCUT2D eigenvalue weighted by atomic mass is 9.94. The van der Waals surface area contributed by atoms with Crippen molar-refractivity contribution in [2.24, 2.45) is 0 Å². The number of hydrogen-bond acceptors (Lipinski definition) is 1. The van der Waals surface area contributed by atoms with Gasteiger partial charge < -0.3 is 5.32 Å². The molecule has 0 fully saturated rings. The van der Waals surface area contributed by atoms with Gasteiger partial charge in [-0.15, -0.1) is 0 Å². The minimum atomic E-state index is -0.555. The van der Waals surface area contributed by atoms with Crippen molar-refractivity contribution in [3.8, 4) is 0 Å². The zero-order valence-corrected chi connectivity index (χ0v) is 14.5. The van der Waals surface area contributed by atoms with Crippen LogP contribution in [0.3, 0.4) is 0 Å². The number of carbonyl (C=O) groups excluding carboxylic acids is 1. The summed E-state index contributed by atoms with van der Waals surface area (Å²) in [6.45, 7) is 1.94. The molecule has 0 aliphatic carbocycles. The third kappa shape index (κ3) is 3.60. The van der Waals surface area contributed by atoms with Crippen LogP contribution in [0.25, 0.3) is 0 Å². The first-order valence-corrected chi connectivity index (χ1v) is 8.24. The molecule has 2 aromatic carbocycles. The SMILES string of the molecule is CC(CBr)(NC(=O)c1c(Cl)cccc1Cl)c1ccccc1. The van der Waals surface area contributed by atoms with Gasteiger partial charge in [0.15, 0.2) is 0 Å². The Kier molecular flexibility index (Phi) is 5.31. The Morgan fingerprint density at radius 1 is 1.10 bits per heavy atom. The summed E-state index contributed by atoms with van der Waals surface area (Å²) < 4.78 is 0. The molecule has 0 bridgehead atoms. The Morgan fingerprint density at radius 3 is 2.19 bits per heavy atom. The topological polar surface area (TPSA) is 29.1 Å². The molecule has 0 saturated heterocycles. The summed E-state index contributed by atoms with van der Waals surface area (Å²) in [5.41, 5.74) is 0.739. The fourth-order valence-corrected chi connectivity index (χ4v) is 3.05. The van der Waals surface area contributed by atoms with E-state index in [1.165, 1.54) is 0 Å². The number of nitrogens with one attached hydrogen (secondary N) is 1. The van der Waals surface area contributed by atoms with Crippen LogP contribution in [0.2, 0.25) is 10.0 Å². The zero-order chi connectivity index (χ0) is 15.5. The van der Waals surface area contributed by atoms with Crippen LogP contribution < -0.4 is 5.32 Å². The molecule has 0 radical (unpaired) electrons. The predicted molar refractivity (Wildman–Crippen MR) is 91.5 cm³/mol. The molecule has 21 heavy (non-hydrogen) atoms. The Hall–Kier alpha value is -1.03. The van der Waals surface area contributed by atoms with Gasteiger partial charge in [0, 0.05) is 5.33 Å². The van der Waals surface area contributed by atoms with Gasteiger partial charge in [-0.1, -0.05) is 75.5 Å². The number of amides is 1. The molecule has 1 amide bonds. The second-order valence-electron chi connectivity index (χ2n) is 4.88. The molecule has 1 unspecified atom stereocenters. The molecular weight excluding hydrogens is 373 g/mol. The maximum absolute atomic E-state index is 12.5. The summed E-state index contributed by atoms with van der Waals surface area (Å²) in [5.74, 6) is -0.295. The second kappa shape index (κ2) is 6.82. The van der Waals surface area contributed by atoms with Crippen LogP contribution in [0, 0.1) is 0 Å².